The summed E-state index contributed by atoms with van der Waals surface area (Å²) in [6.07, 6.45) is -5.11. The number of esters is 1. The molecule has 0 saturated carbocycles. The van der Waals surface area contributed by atoms with E-state index in [-0.39, 0.29) is 29.9 Å². The predicted octanol–water partition coefficient (Wildman–Crippen LogP) is 2.89. The molecule has 0 bridgehead atoms. The molecule has 110 valence electrons. The SMILES string of the molecule is CCOC(=O)c1c(CC(C)=O)cccc1OC(F)(F)F. The van der Waals surface area contributed by atoms with E-state index in [9.17, 15) is 22.8 Å². The minimum absolute atomic E-state index is 0.00129. The number of ketones is 1. The number of hydrogen-bond donors (Lipinski definition) is 0. The maximum absolute atomic E-state index is 12.3. The summed E-state index contributed by atoms with van der Waals surface area (Å²) < 4.78 is 45.5. The van der Waals surface area contributed by atoms with Crippen LogP contribution in [0.3, 0.4) is 0 Å². The van der Waals surface area contributed by atoms with Crippen LogP contribution < -0.4 is 4.74 Å². The highest BCUT2D eigenvalue weighted by atomic mass is 19.4. The van der Waals surface area contributed by atoms with Gasteiger partial charge in [0.25, 0.3) is 0 Å². The van der Waals surface area contributed by atoms with Crippen molar-refractivity contribution in [2.75, 3.05) is 6.61 Å². The van der Waals surface area contributed by atoms with Gasteiger partial charge in [-0.25, -0.2) is 4.79 Å². The Bertz CT molecular complexity index is 509. The molecule has 1 rings (SSSR count). The van der Waals surface area contributed by atoms with Gasteiger partial charge in [-0.1, -0.05) is 12.1 Å². The lowest BCUT2D eigenvalue weighted by Crippen LogP contribution is -2.21. The molecule has 1 aromatic rings. The molecule has 0 heterocycles. The molecular weight excluding hydrogens is 277 g/mol. The van der Waals surface area contributed by atoms with Crippen molar-refractivity contribution < 1.29 is 32.2 Å². The van der Waals surface area contributed by atoms with E-state index in [1.807, 2.05) is 0 Å². The maximum atomic E-state index is 12.3. The van der Waals surface area contributed by atoms with E-state index in [0.29, 0.717) is 0 Å². The van der Waals surface area contributed by atoms with E-state index in [1.54, 1.807) is 0 Å². The van der Waals surface area contributed by atoms with E-state index < -0.39 is 18.1 Å². The van der Waals surface area contributed by atoms with Gasteiger partial charge in [0.15, 0.2) is 0 Å². The highest BCUT2D eigenvalue weighted by Crippen LogP contribution is 2.29. The van der Waals surface area contributed by atoms with Crippen molar-refractivity contribution in [2.45, 2.75) is 26.6 Å². The average molecular weight is 290 g/mol. The summed E-state index contributed by atoms with van der Waals surface area (Å²) in [7, 11) is 0. The number of carbonyl (C=O) groups is 2. The molecule has 0 aliphatic carbocycles. The molecule has 0 N–H and O–H groups in total. The Morgan fingerprint density at radius 2 is 1.90 bits per heavy atom. The third kappa shape index (κ3) is 4.56. The van der Waals surface area contributed by atoms with Crippen LogP contribution in [0.5, 0.6) is 5.75 Å². The quantitative estimate of drug-likeness (QED) is 0.782. The average Bonchev–Trinajstić information content (AvgIpc) is 2.26. The molecule has 20 heavy (non-hydrogen) atoms. The van der Waals surface area contributed by atoms with Crippen LogP contribution in [0.15, 0.2) is 18.2 Å². The van der Waals surface area contributed by atoms with Crippen molar-refractivity contribution in [3.63, 3.8) is 0 Å². The zero-order valence-electron chi connectivity index (χ0n) is 10.9. The Morgan fingerprint density at radius 1 is 1.25 bits per heavy atom. The van der Waals surface area contributed by atoms with Gasteiger partial charge in [-0.15, -0.1) is 13.2 Å². The van der Waals surface area contributed by atoms with Gasteiger partial charge in [-0.2, -0.15) is 0 Å². The first-order valence-corrected chi connectivity index (χ1v) is 5.78. The van der Waals surface area contributed by atoms with E-state index in [1.165, 1.54) is 26.0 Å². The number of benzene rings is 1. The third-order valence-corrected chi connectivity index (χ3v) is 2.26. The number of ether oxygens (including phenoxy) is 2. The molecule has 7 heteroatoms. The summed E-state index contributed by atoms with van der Waals surface area (Å²) in [6.45, 7) is 2.79. The summed E-state index contributed by atoms with van der Waals surface area (Å²) in [5.41, 5.74) is -0.237. The second kappa shape index (κ2) is 6.40. The number of hydrogen-bond acceptors (Lipinski definition) is 4. The Morgan fingerprint density at radius 3 is 2.40 bits per heavy atom. The molecule has 0 aromatic heterocycles. The second-order valence-electron chi connectivity index (χ2n) is 3.94. The van der Waals surface area contributed by atoms with Crippen LogP contribution in [0.25, 0.3) is 0 Å². The number of alkyl halides is 3. The number of Topliss-reactive ketones (excluding diaryl/α,β-unsaturated/α-hetero) is 1. The lowest BCUT2D eigenvalue weighted by atomic mass is 10.0. The lowest BCUT2D eigenvalue weighted by Gasteiger charge is -2.15. The van der Waals surface area contributed by atoms with Gasteiger partial charge in [0.2, 0.25) is 0 Å². The van der Waals surface area contributed by atoms with Gasteiger partial charge >= 0.3 is 12.3 Å². The molecule has 0 aliphatic heterocycles. The summed E-state index contributed by atoms with van der Waals surface area (Å²) in [5, 5.41) is 0. The third-order valence-electron chi connectivity index (χ3n) is 2.26. The first kappa shape index (κ1) is 16.0. The first-order valence-electron chi connectivity index (χ1n) is 5.78. The highest BCUT2D eigenvalue weighted by molar-refractivity contribution is 5.96. The van der Waals surface area contributed by atoms with Gasteiger partial charge < -0.3 is 9.47 Å². The van der Waals surface area contributed by atoms with Crippen LogP contribution in [0, 0.1) is 0 Å². The smallest absolute Gasteiger partial charge is 0.462 e. The Kier molecular flexibility index (Phi) is 5.12. The van der Waals surface area contributed by atoms with Crippen molar-refractivity contribution in [2.24, 2.45) is 0 Å². The maximum Gasteiger partial charge on any atom is 0.573 e. The summed E-state index contributed by atoms with van der Waals surface area (Å²) >= 11 is 0. The molecule has 0 aliphatic rings. The van der Waals surface area contributed by atoms with Gasteiger partial charge in [-0.05, 0) is 25.5 Å². The molecule has 0 unspecified atom stereocenters. The predicted molar refractivity (Wildman–Crippen MR) is 63.5 cm³/mol. The number of rotatable bonds is 5. The molecule has 0 spiro atoms. The number of carbonyl (C=O) groups excluding carboxylic acids is 2. The van der Waals surface area contributed by atoms with E-state index in [4.69, 9.17) is 4.74 Å². The molecular formula is C13H13F3O4. The molecule has 0 fully saturated rings. The standard InChI is InChI=1S/C13H13F3O4/c1-3-19-12(18)11-9(7-8(2)17)5-4-6-10(11)20-13(14,15)16/h4-6H,3,7H2,1-2H3. The van der Waals surface area contributed by atoms with Crippen LogP contribution in [0.4, 0.5) is 13.2 Å². The zero-order chi connectivity index (χ0) is 15.3. The number of halogens is 3. The van der Waals surface area contributed by atoms with Crippen LogP contribution in [-0.2, 0) is 16.0 Å². The lowest BCUT2D eigenvalue weighted by molar-refractivity contribution is -0.274. The zero-order valence-corrected chi connectivity index (χ0v) is 10.9. The van der Waals surface area contributed by atoms with Crippen molar-refractivity contribution in [1.82, 2.24) is 0 Å². The van der Waals surface area contributed by atoms with Crippen molar-refractivity contribution >= 4 is 11.8 Å². The molecule has 0 atom stereocenters. The van der Waals surface area contributed by atoms with Crippen LogP contribution in [0.2, 0.25) is 0 Å². The minimum atomic E-state index is -4.93. The van der Waals surface area contributed by atoms with Crippen LogP contribution in [0.1, 0.15) is 29.8 Å². The highest BCUT2D eigenvalue weighted by Gasteiger charge is 2.34. The minimum Gasteiger partial charge on any atom is -0.462 e. The molecule has 0 amide bonds. The van der Waals surface area contributed by atoms with Gasteiger partial charge in [0, 0.05) is 6.42 Å². The summed E-state index contributed by atoms with van der Waals surface area (Å²) in [4.78, 5) is 22.9. The van der Waals surface area contributed by atoms with Crippen molar-refractivity contribution in [1.29, 1.82) is 0 Å². The Labute approximate surface area is 113 Å². The Balaban J connectivity index is 3.28. The molecule has 4 nitrogen and oxygen atoms in total. The fraction of sp³-hybridized carbons (Fsp3) is 0.385. The van der Waals surface area contributed by atoms with Crippen molar-refractivity contribution in [3.05, 3.63) is 29.3 Å². The fourth-order valence-electron chi connectivity index (χ4n) is 1.64. The molecule has 0 saturated heterocycles. The van der Waals surface area contributed by atoms with E-state index in [2.05, 4.69) is 4.74 Å². The molecule has 0 radical (unpaired) electrons. The fourth-order valence-corrected chi connectivity index (χ4v) is 1.64. The molecule has 1 aromatic carbocycles. The first-order chi connectivity index (χ1) is 9.24. The second-order valence-corrected chi connectivity index (χ2v) is 3.94. The van der Waals surface area contributed by atoms with Crippen LogP contribution in [-0.4, -0.2) is 24.7 Å². The van der Waals surface area contributed by atoms with Gasteiger partial charge in [0.05, 0.1) is 6.61 Å². The Hall–Kier alpha value is -2.05. The van der Waals surface area contributed by atoms with Gasteiger partial charge in [0.1, 0.15) is 17.1 Å². The normalized spacial score (nSPS) is 11.1. The summed E-state index contributed by atoms with van der Waals surface area (Å²) in [6, 6.07) is 3.67. The summed E-state index contributed by atoms with van der Waals surface area (Å²) in [5.74, 6) is -1.92. The van der Waals surface area contributed by atoms with Crippen LogP contribution >= 0.6 is 0 Å². The van der Waals surface area contributed by atoms with Gasteiger partial charge in [-0.3, -0.25) is 4.79 Å². The van der Waals surface area contributed by atoms with E-state index in [0.717, 1.165) is 6.07 Å². The largest absolute Gasteiger partial charge is 0.573 e. The topological polar surface area (TPSA) is 52.6 Å². The van der Waals surface area contributed by atoms with Crippen molar-refractivity contribution in [3.8, 4) is 5.75 Å². The monoisotopic (exact) mass is 290 g/mol. The van der Waals surface area contributed by atoms with E-state index >= 15 is 0 Å².